The fourth-order valence-electron chi connectivity index (χ4n) is 2.03. The molecule has 0 saturated heterocycles. The van der Waals surface area contributed by atoms with Crippen LogP contribution in [-0.4, -0.2) is 25.6 Å². The molecule has 1 amide bonds. The molecule has 23 heavy (non-hydrogen) atoms. The maximum absolute atomic E-state index is 12.0. The highest BCUT2D eigenvalue weighted by molar-refractivity contribution is 6.01. The average Bonchev–Trinajstić information content (AvgIpc) is 2.59. The number of hydrogen-bond acceptors (Lipinski definition) is 4. The van der Waals surface area contributed by atoms with E-state index in [4.69, 9.17) is 9.47 Å². The summed E-state index contributed by atoms with van der Waals surface area (Å²) < 4.78 is 10.2. The number of carbonyl (C=O) groups excluding carboxylic acids is 2. The Balaban J connectivity index is 1.80. The lowest BCUT2D eigenvalue weighted by Gasteiger charge is -2.10. The van der Waals surface area contributed by atoms with E-state index >= 15 is 0 Å². The minimum absolute atomic E-state index is 0.169. The minimum Gasteiger partial charge on any atom is -0.494 e. The number of para-hydroxylation sites is 2. The lowest BCUT2D eigenvalue weighted by Crippen LogP contribution is -2.15. The Morgan fingerprint density at radius 3 is 2.43 bits per heavy atom. The van der Waals surface area contributed by atoms with Crippen LogP contribution in [0, 0.1) is 0 Å². The topological polar surface area (TPSA) is 64.6 Å². The molecule has 0 atom stereocenters. The smallest absolute Gasteiger partial charge is 0.339 e. The summed E-state index contributed by atoms with van der Waals surface area (Å²) in [5, 5.41) is 2.73. The number of benzene rings is 2. The molecule has 0 saturated carbocycles. The van der Waals surface area contributed by atoms with Crippen LogP contribution in [0.2, 0.25) is 0 Å². The van der Waals surface area contributed by atoms with Crippen LogP contribution in [-0.2, 0) is 9.53 Å². The molecule has 0 unspecified atom stereocenters. The standard InChI is InChI=1S/C18H19NO4/c1-22-18(21)15-10-5-6-11-16(15)19-17(20)12-7-13-23-14-8-3-2-4-9-14/h2-6,8-11H,7,12-13H2,1H3,(H,19,20). The molecule has 0 heterocycles. The molecule has 0 fully saturated rings. The van der Waals surface area contributed by atoms with Gasteiger partial charge in [-0.2, -0.15) is 0 Å². The summed E-state index contributed by atoms with van der Waals surface area (Å²) in [7, 11) is 1.31. The molecule has 0 bridgehead atoms. The van der Waals surface area contributed by atoms with Crippen molar-refractivity contribution in [3.8, 4) is 5.75 Å². The number of amides is 1. The van der Waals surface area contributed by atoms with Crippen molar-refractivity contribution in [3.05, 3.63) is 60.2 Å². The molecule has 0 spiro atoms. The number of anilines is 1. The number of ether oxygens (including phenoxy) is 2. The third-order valence-electron chi connectivity index (χ3n) is 3.17. The number of nitrogens with one attached hydrogen (secondary N) is 1. The first kappa shape index (κ1) is 16.5. The minimum atomic E-state index is -0.478. The Labute approximate surface area is 135 Å². The normalized spacial score (nSPS) is 9.96. The van der Waals surface area contributed by atoms with Crippen molar-refractivity contribution in [2.24, 2.45) is 0 Å². The number of methoxy groups -OCH3 is 1. The zero-order valence-corrected chi connectivity index (χ0v) is 13.0. The molecule has 2 aromatic rings. The van der Waals surface area contributed by atoms with E-state index in [1.165, 1.54) is 7.11 Å². The monoisotopic (exact) mass is 313 g/mol. The van der Waals surface area contributed by atoms with Gasteiger partial charge in [-0.25, -0.2) is 4.79 Å². The number of hydrogen-bond donors (Lipinski definition) is 1. The van der Waals surface area contributed by atoms with Crippen molar-refractivity contribution >= 4 is 17.6 Å². The molecular formula is C18H19NO4. The van der Waals surface area contributed by atoms with Gasteiger partial charge in [0.25, 0.3) is 0 Å². The molecule has 0 aliphatic carbocycles. The van der Waals surface area contributed by atoms with E-state index in [1.54, 1.807) is 24.3 Å². The molecule has 0 aliphatic heterocycles. The first-order valence-electron chi connectivity index (χ1n) is 7.36. The second-order valence-corrected chi connectivity index (χ2v) is 4.85. The molecule has 0 aliphatic rings. The quantitative estimate of drug-likeness (QED) is 0.629. The second kappa shape index (κ2) is 8.58. The largest absolute Gasteiger partial charge is 0.494 e. The van der Waals surface area contributed by atoms with Gasteiger partial charge in [0.05, 0.1) is 25.0 Å². The summed E-state index contributed by atoms with van der Waals surface area (Å²) >= 11 is 0. The molecule has 2 aromatic carbocycles. The van der Waals surface area contributed by atoms with E-state index in [0.29, 0.717) is 30.7 Å². The fourth-order valence-corrected chi connectivity index (χ4v) is 2.03. The van der Waals surface area contributed by atoms with Crippen LogP contribution in [0.3, 0.4) is 0 Å². The van der Waals surface area contributed by atoms with Crippen molar-refractivity contribution in [3.63, 3.8) is 0 Å². The van der Waals surface area contributed by atoms with Crippen LogP contribution in [0.25, 0.3) is 0 Å². The Morgan fingerprint density at radius 2 is 1.70 bits per heavy atom. The summed E-state index contributed by atoms with van der Waals surface area (Å²) in [6, 6.07) is 16.2. The van der Waals surface area contributed by atoms with Crippen LogP contribution in [0.5, 0.6) is 5.75 Å². The summed E-state index contributed by atoms with van der Waals surface area (Å²) in [6.45, 7) is 0.454. The van der Waals surface area contributed by atoms with Crippen LogP contribution >= 0.6 is 0 Å². The highest BCUT2D eigenvalue weighted by Crippen LogP contribution is 2.16. The predicted molar refractivity (Wildman–Crippen MR) is 87.6 cm³/mol. The van der Waals surface area contributed by atoms with Gasteiger partial charge in [-0.05, 0) is 30.7 Å². The molecular weight excluding hydrogens is 294 g/mol. The Morgan fingerprint density at radius 1 is 1.00 bits per heavy atom. The van der Waals surface area contributed by atoms with Crippen molar-refractivity contribution in [1.82, 2.24) is 0 Å². The summed E-state index contributed by atoms with van der Waals surface area (Å²) in [6.07, 6.45) is 0.892. The van der Waals surface area contributed by atoms with E-state index in [2.05, 4.69) is 5.32 Å². The second-order valence-electron chi connectivity index (χ2n) is 4.85. The lowest BCUT2D eigenvalue weighted by molar-refractivity contribution is -0.116. The number of carbonyl (C=O) groups is 2. The summed E-state index contributed by atoms with van der Waals surface area (Å²) in [5.41, 5.74) is 0.789. The van der Waals surface area contributed by atoms with E-state index in [9.17, 15) is 9.59 Å². The molecule has 2 rings (SSSR count). The Kier molecular flexibility index (Phi) is 6.17. The molecule has 0 aromatic heterocycles. The van der Waals surface area contributed by atoms with Crippen molar-refractivity contribution in [2.45, 2.75) is 12.8 Å². The van der Waals surface area contributed by atoms with Crippen LogP contribution < -0.4 is 10.1 Å². The van der Waals surface area contributed by atoms with Gasteiger partial charge in [0, 0.05) is 6.42 Å². The molecule has 5 nitrogen and oxygen atoms in total. The third-order valence-corrected chi connectivity index (χ3v) is 3.17. The fraction of sp³-hybridized carbons (Fsp3) is 0.222. The van der Waals surface area contributed by atoms with Crippen molar-refractivity contribution < 1.29 is 19.1 Å². The lowest BCUT2D eigenvalue weighted by atomic mass is 10.1. The first-order valence-corrected chi connectivity index (χ1v) is 7.36. The number of rotatable bonds is 7. The van der Waals surface area contributed by atoms with Crippen LogP contribution in [0.15, 0.2) is 54.6 Å². The maximum atomic E-state index is 12.0. The van der Waals surface area contributed by atoms with Crippen LogP contribution in [0.1, 0.15) is 23.2 Å². The Hall–Kier alpha value is -2.82. The Bertz CT molecular complexity index is 655. The summed E-state index contributed by atoms with van der Waals surface area (Å²) in [5.74, 6) is 0.135. The summed E-state index contributed by atoms with van der Waals surface area (Å²) in [4.78, 5) is 23.6. The zero-order valence-electron chi connectivity index (χ0n) is 13.0. The van der Waals surface area contributed by atoms with Crippen molar-refractivity contribution in [2.75, 3.05) is 19.0 Å². The van der Waals surface area contributed by atoms with Crippen LogP contribution in [0.4, 0.5) is 5.69 Å². The van der Waals surface area contributed by atoms with Gasteiger partial charge in [-0.15, -0.1) is 0 Å². The van der Waals surface area contributed by atoms with Gasteiger partial charge in [0.1, 0.15) is 5.75 Å². The van der Waals surface area contributed by atoms with Gasteiger partial charge in [0.2, 0.25) is 5.91 Å². The van der Waals surface area contributed by atoms with Gasteiger partial charge in [-0.3, -0.25) is 4.79 Å². The van der Waals surface area contributed by atoms with Gasteiger partial charge >= 0.3 is 5.97 Å². The third kappa shape index (κ3) is 5.14. The molecule has 0 radical (unpaired) electrons. The molecule has 1 N–H and O–H groups in total. The molecule has 120 valence electrons. The highest BCUT2D eigenvalue weighted by Gasteiger charge is 2.12. The predicted octanol–water partition coefficient (Wildman–Crippen LogP) is 3.27. The van der Waals surface area contributed by atoms with Gasteiger partial charge in [-0.1, -0.05) is 30.3 Å². The molecule has 5 heteroatoms. The van der Waals surface area contributed by atoms with E-state index in [0.717, 1.165) is 5.75 Å². The highest BCUT2D eigenvalue weighted by atomic mass is 16.5. The van der Waals surface area contributed by atoms with Crippen molar-refractivity contribution in [1.29, 1.82) is 0 Å². The van der Waals surface area contributed by atoms with Gasteiger partial charge < -0.3 is 14.8 Å². The number of esters is 1. The first-order chi connectivity index (χ1) is 11.2. The maximum Gasteiger partial charge on any atom is 0.339 e. The zero-order chi connectivity index (χ0) is 16.5. The average molecular weight is 313 g/mol. The SMILES string of the molecule is COC(=O)c1ccccc1NC(=O)CCCOc1ccccc1. The van der Waals surface area contributed by atoms with E-state index < -0.39 is 5.97 Å². The van der Waals surface area contributed by atoms with E-state index in [-0.39, 0.29) is 5.91 Å². The van der Waals surface area contributed by atoms with Gasteiger partial charge in [0.15, 0.2) is 0 Å². The van der Waals surface area contributed by atoms with E-state index in [1.807, 2.05) is 30.3 Å².